The number of furan rings is 1. The van der Waals surface area contributed by atoms with Gasteiger partial charge in [0.25, 0.3) is 0 Å². The highest BCUT2D eigenvalue weighted by Gasteiger charge is 2.19. The van der Waals surface area contributed by atoms with E-state index in [9.17, 15) is 0 Å². The molecule has 0 N–H and O–H groups in total. The number of rotatable bonds is 2. The van der Waals surface area contributed by atoms with Crippen molar-refractivity contribution in [3.8, 4) is 16.8 Å². The maximum atomic E-state index is 6.51. The van der Waals surface area contributed by atoms with E-state index in [1.165, 1.54) is 69.6 Å². The molecule has 0 fully saturated rings. The Balaban J connectivity index is 1.37. The largest absolute Gasteiger partial charge is 0.455 e. The minimum absolute atomic E-state index is 0.937. The summed E-state index contributed by atoms with van der Waals surface area (Å²) in [5.74, 6) is 0. The minimum Gasteiger partial charge on any atom is -0.455 e. The van der Waals surface area contributed by atoms with Gasteiger partial charge in [0.1, 0.15) is 11.2 Å². The zero-order chi connectivity index (χ0) is 25.5. The molecule has 39 heavy (non-hydrogen) atoms. The van der Waals surface area contributed by atoms with Crippen LogP contribution in [0, 0.1) is 0 Å². The first-order chi connectivity index (χ1) is 19.3. The topological polar surface area (TPSA) is 18.1 Å². The van der Waals surface area contributed by atoms with Crippen LogP contribution in [-0.2, 0) is 0 Å². The Hall–Kier alpha value is -4.86. The fourth-order valence-corrected chi connectivity index (χ4v) is 7.45. The normalized spacial score (nSPS) is 12.1. The van der Waals surface area contributed by atoms with E-state index in [-0.39, 0.29) is 0 Å². The van der Waals surface area contributed by atoms with Gasteiger partial charge in [-0.3, -0.25) is 0 Å². The summed E-state index contributed by atoms with van der Waals surface area (Å²) >= 11 is 1.84. The molecule has 0 radical (unpaired) electrons. The summed E-state index contributed by atoms with van der Waals surface area (Å²) in [7, 11) is 0. The monoisotopic (exact) mass is 515 g/mol. The maximum Gasteiger partial charge on any atom is 0.144 e. The number of benzene rings is 6. The lowest BCUT2D eigenvalue weighted by Gasteiger charge is -2.09. The van der Waals surface area contributed by atoms with Crippen molar-refractivity contribution in [1.82, 2.24) is 4.57 Å². The molecule has 3 heterocycles. The molecule has 6 aromatic carbocycles. The molecule has 9 rings (SSSR count). The molecule has 0 bridgehead atoms. The van der Waals surface area contributed by atoms with Gasteiger partial charge in [-0.05, 0) is 65.7 Å². The van der Waals surface area contributed by atoms with Crippen molar-refractivity contribution in [2.45, 2.75) is 0 Å². The van der Waals surface area contributed by atoms with Crippen LogP contribution in [0.15, 0.2) is 132 Å². The number of nitrogens with zero attached hydrogens (tertiary/aromatic N) is 1. The molecule has 9 aromatic rings. The molecule has 182 valence electrons. The SMILES string of the molecule is c1ccc(-n2c3ccccc3c3cc(-c4cccc5sc6ccc7c8ccccc8oc7c6c45)ccc32)cc1. The first kappa shape index (κ1) is 21.1. The molecule has 0 saturated carbocycles. The number of thiophene rings is 1. The van der Waals surface area contributed by atoms with Crippen LogP contribution in [0.2, 0.25) is 0 Å². The van der Waals surface area contributed by atoms with Crippen molar-refractivity contribution in [2.75, 3.05) is 0 Å². The first-order valence-electron chi connectivity index (χ1n) is 13.2. The maximum absolute atomic E-state index is 6.51. The molecule has 0 saturated heterocycles. The van der Waals surface area contributed by atoms with E-state index in [2.05, 4.69) is 126 Å². The molecule has 0 aliphatic carbocycles. The van der Waals surface area contributed by atoms with Crippen molar-refractivity contribution in [1.29, 1.82) is 0 Å². The van der Waals surface area contributed by atoms with Crippen LogP contribution in [0.25, 0.3) is 80.7 Å². The standard InChI is InChI=1S/C36H21NOS/c1-2-9-23(10-3-1)37-29-14-6-4-11-25(29)28-21-22(17-19-30(28)37)24-13-8-16-32-34(24)35-33(39-32)20-18-27-26-12-5-7-15-31(26)38-36(27)35/h1-21H. The van der Waals surface area contributed by atoms with Gasteiger partial charge in [-0.25, -0.2) is 0 Å². The summed E-state index contributed by atoms with van der Waals surface area (Å²) < 4.78 is 11.4. The third kappa shape index (κ3) is 2.91. The third-order valence-corrected chi connectivity index (χ3v) is 9.12. The summed E-state index contributed by atoms with van der Waals surface area (Å²) in [6.45, 7) is 0. The van der Waals surface area contributed by atoms with E-state index < -0.39 is 0 Å². The fraction of sp³-hybridized carbons (Fsp3) is 0. The second kappa shape index (κ2) is 7.83. The predicted octanol–water partition coefficient (Wildman–Crippen LogP) is 10.7. The van der Waals surface area contributed by atoms with Crippen molar-refractivity contribution >= 4 is 75.3 Å². The Morgan fingerprint density at radius 2 is 1.28 bits per heavy atom. The second-order valence-electron chi connectivity index (χ2n) is 10.1. The summed E-state index contributed by atoms with van der Waals surface area (Å²) in [6, 6.07) is 45.7. The van der Waals surface area contributed by atoms with Gasteiger partial charge in [-0.1, -0.05) is 72.8 Å². The van der Waals surface area contributed by atoms with Crippen LogP contribution in [0.4, 0.5) is 0 Å². The summed E-state index contributed by atoms with van der Waals surface area (Å²) in [6.07, 6.45) is 0. The highest BCUT2D eigenvalue weighted by molar-refractivity contribution is 7.26. The van der Waals surface area contributed by atoms with Gasteiger partial charge in [0, 0.05) is 47.4 Å². The van der Waals surface area contributed by atoms with E-state index in [0.29, 0.717) is 0 Å². The summed E-state index contributed by atoms with van der Waals surface area (Å²) in [4.78, 5) is 0. The first-order valence-corrected chi connectivity index (χ1v) is 14.0. The van der Waals surface area contributed by atoms with Crippen LogP contribution >= 0.6 is 11.3 Å². The summed E-state index contributed by atoms with van der Waals surface area (Å²) in [5.41, 5.74) is 7.99. The molecule has 0 unspecified atom stereocenters. The van der Waals surface area contributed by atoms with Crippen molar-refractivity contribution in [3.05, 3.63) is 127 Å². The molecular weight excluding hydrogens is 494 g/mol. The molecule has 3 heteroatoms. The molecule has 0 atom stereocenters. The van der Waals surface area contributed by atoms with Gasteiger partial charge in [0.15, 0.2) is 0 Å². The van der Waals surface area contributed by atoms with Gasteiger partial charge in [0.05, 0.1) is 11.0 Å². The lowest BCUT2D eigenvalue weighted by Crippen LogP contribution is -1.92. The van der Waals surface area contributed by atoms with E-state index in [1.807, 2.05) is 17.4 Å². The van der Waals surface area contributed by atoms with Crippen molar-refractivity contribution in [2.24, 2.45) is 0 Å². The van der Waals surface area contributed by atoms with E-state index >= 15 is 0 Å². The number of fused-ring (bicyclic) bond motifs is 10. The lowest BCUT2D eigenvalue weighted by atomic mass is 9.97. The molecule has 0 spiro atoms. The average Bonchev–Trinajstić information content (AvgIpc) is 3.66. The van der Waals surface area contributed by atoms with Gasteiger partial charge in [0.2, 0.25) is 0 Å². The molecular formula is C36H21NOS. The Labute approximate surface area is 227 Å². The van der Waals surface area contributed by atoms with E-state index in [4.69, 9.17) is 4.42 Å². The Bertz CT molecular complexity index is 2390. The molecule has 2 nitrogen and oxygen atoms in total. The van der Waals surface area contributed by atoms with Crippen LogP contribution < -0.4 is 0 Å². The number of hydrogen-bond acceptors (Lipinski definition) is 2. The van der Waals surface area contributed by atoms with E-state index in [1.54, 1.807) is 0 Å². The smallest absolute Gasteiger partial charge is 0.144 e. The summed E-state index contributed by atoms with van der Waals surface area (Å²) in [5, 5.41) is 7.35. The van der Waals surface area contributed by atoms with Crippen molar-refractivity contribution in [3.63, 3.8) is 0 Å². The second-order valence-corrected chi connectivity index (χ2v) is 11.2. The zero-order valence-electron chi connectivity index (χ0n) is 20.9. The molecule has 0 aliphatic rings. The van der Waals surface area contributed by atoms with Crippen LogP contribution in [0.5, 0.6) is 0 Å². The van der Waals surface area contributed by atoms with Gasteiger partial charge in [-0.15, -0.1) is 11.3 Å². The molecule has 0 amide bonds. The highest BCUT2D eigenvalue weighted by atomic mass is 32.1. The van der Waals surface area contributed by atoms with Crippen LogP contribution in [0.1, 0.15) is 0 Å². The van der Waals surface area contributed by atoms with Gasteiger partial charge >= 0.3 is 0 Å². The Morgan fingerprint density at radius 3 is 2.21 bits per heavy atom. The number of aromatic nitrogens is 1. The predicted molar refractivity (Wildman–Crippen MR) is 166 cm³/mol. The number of hydrogen-bond donors (Lipinski definition) is 0. The molecule has 3 aromatic heterocycles. The number of para-hydroxylation sites is 3. The molecule has 0 aliphatic heterocycles. The van der Waals surface area contributed by atoms with Gasteiger partial charge < -0.3 is 8.98 Å². The van der Waals surface area contributed by atoms with Crippen LogP contribution in [0.3, 0.4) is 0 Å². The quantitative estimate of drug-likeness (QED) is 0.224. The zero-order valence-corrected chi connectivity index (χ0v) is 21.7. The lowest BCUT2D eigenvalue weighted by molar-refractivity contribution is 0.673. The average molecular weight is 516 g/mol. The van der Waals surface area contributed by atoms with Gasteiger partial charge in [-0.2, -0.15) is 0 Å². The minimum atomic E-state index is 0.937. The van der Waals surface area contributed by atoms with Crippen molar-refractivity contribution < 1.29 is 4.42 Å². The highest BCUT2D eigenvalue weighted by Crippen LogP contribution is 2.46. The van der Waals surface area contributed by atoms with E-state index in [0.717, 1.165) is 11.2 Å². The van der Waals surface area contributed by atoms with Crippen LogP contribution in [-0.4, -0.2) is 4.57 Å². The Morgan fingerprint density at radius 1 is 0.513 bits per heavy atom. The third-order valence-electron chi connectivity index (χ3n) is 8.00. The fourth-order valence-electron chi connectivity index (χ4n) is 6.32. The Kier molecular flexibility index (Phi) is 4.24.